The molecule has 4 heteroatoms. The van der Waals surface area contributed by atoms with Crippen LogP contribution in [0.2, 0.25) is 0 Å². The topological polar surface area (TPSA) is 51.2 Å². The molecule has 0 saturated heterocycles. The van der Waals surface area contributed by atoms with Crippen molar-refractivity contribution in [2.24, 2.45) is 0 Å². The average molecular weight is 308 g/mol. The van der Waals surface area contributed by atoms with Crippen LogP contribution in [0.1, 0.15) is 0 Å². The molecule has 1 aliphatic carbocycles. The number of hydrogen-bond donors (Lipinski definition) is 0. The van der Waals surface area contributed by atoms with Gasteiger partial charge in [-0.05, 0) is 24.6 Å². The SMILES string of the molecule is O=C1C=CC(P(c2ccccc2)c2ccccc2)C(=O)C1=O. The zero-order chi connectivity index (χ0) is 15.5. The third-order valence-electron chi connectivity index (χ3n) is 3.49. The summed E-state index contributed by atoms with van der Waals surface area (Å²) in [5.41, 5.74) is -0.579. The lowest BCUT2D eigenvalue weighted by atomic mass is 10.0. The molecule has 0 fully saturated rings. The molecule has 0 saturated carbocycles. The summed E-state index contributed by atoms with van der Waals surface area (Å²) in [6, 6.07) is 19.3. The van der Waals surface area contributed by atoms with Gasteiger partial charge in [0.25, 0.3) is 5.78 Å². The highest BCUT2D eigenvalue weighted by molar-refractivity contribution is 7.74. The van der Waals surface area contributed by atoms with Crippen molar-refractivity contribution in [1.29, 1.82) is 0 Å². The molecule has 1 atom stereocenters. The molecule has 0 heterocycles. The van der Waals surface area contributed by atoms with Gasteiger partial charge in [0, 0.05) is 0 Å². The molecule has 0 aromatic heterocycles. The minimum Gasteiger partial charge on any atom is -0.289 e. The van der Waals surface area contributed by atoms with Gasteiger partial charge in [0.2, 0.25) is 11.6 Å². The van der Waals surface area contributed by atoms with Gasteiger partial charge in [0.15, 0.2) is 0 Å². The minimum absolute atomic E-state index is 0.579. The second-order valence-electron chi connectivity index (χ2n) is 4.90. The van der Waals surface area contributed by atoms with Crippen molar-refractivity contribution in [3.63, 3.8) is 0 Å². The summed E-state index contributed by atoms with van der Waals surface area (Å²) in [5, 5.41) is 2.02. The Morgan fingerprint density at radius 1 is 0.727 bits per heavy atom. The third-order valence-corrected chi connectivity index (χ3v) is 6.16. The van der Waals surface area contributed by atoms with Crippen LogP contribution >= 0.6 is 7.92 Å². The Labute approximate surface area is 129 Å². The predicted octanol–water partition coefficient (Wildman–Crippen LogP) is 1.76. The summed E-state index contributed by atoms with van der Waals surface area (Å²) >= 11 is 0. The van der Waals surface area contributed by atoms with Crippen molar-refractivity contribution in [3.8, 4) is 0 Å². The van der Waals surface area contributed by atoms with Gasteiger partial charge >= 0.3 is 0 Å². The second kappa shape index (κ2) is 6.17. The molecular formula is C18H13O3P. The van der Waals surface area contributed by atoms with E-state index in [1.165, 1.54) is 6.08 Å². The first-order valence-electron chi connectivity index (χ1n) is 6.88. The van der Waals surface area contributed by atoms with E-state index < -0.39 is 30.9 Å². The molecule has 1 unspecified atom stereocenters. The Morgan fingerprint density at radius 3 is 1.73 bits per heavy atom. The number of Topliss-reactive ketones (excluding diaryl/α,β-unsaturated/α-hetero) is 2. The summed E-state index contributed by atoms with van der Waals surface area (Å²) in [6.07, 6.45) is 2.81. The van der Waals surface area contributed by atoms with Crippen molar-refractivity contribution >= 4 is 35.9 Å². The molecule has 3 rings (SSSR count). The fourth-order valence-electron chi connectivity index (χ4n) is 2.45. The number of benzene rings is 2. The van der Waals surface area contributed by atoms with Crippen LogP contribution in [0.4, 0.5) is 0 Å². The summed E-state index contributed by atoms with van der Waals surface area (Å²) < 4.78 is 0. The van der Waals surface area contributed by atoms with Crippen LogP contribution in [0, 0.1) is 0 Å². The Hall–Kier alpha value is -2.38. The van der Waals surface area contributed by atoms with Gasteiger partial charge in [-0.15, -0.1) is 0 Å². The van der Waals surface area contributed by atoms with Gasteiger partial charge in [0.05, 0.1) is 5.66 Å². The Morgan fingerprint density at radius 2 is 1.23 bits per heavy atom. The molecule has 0 aliphatic heterocycles. The normalized spacial score (nSPS) is 18.0. The largest absolute Gasteiger partial charge is 0.289 e. The van der Waals surface area contributed by atoms with Crippen molar-refractivity contribution in [1.82, 2.24) is 0 Å². The number of carbonyl (C=O) groups is 3. The van der Waals surface area contributed by atoms with Crippen LogP contribution in [-0.4, -0.2) is 23.0 Å². The van der Waals surface area contributed by atoms with Gasteiger partial charge < -0.3 is 0 Å². The van der Waals surface area contributed by atoms with Crippen LogP contribution < -0.4 is 10.6 Å². The van der Waals surface area contributed by atoms with Gasteiger partial charge in [-0.3, -0.25) is 14.4 Å². The molecule has 2 aromatic rings. The number of hydrogen-bond acceptors (Lipinski definition) is 3. The molecule has 3 nitrogen and oxygen atoms in total. The summed E-state index contributed by atoms with van der Waals surface area (Å²) in [6.45, 7) is 0. The fourth-order valence-corrected chi connectivity index (χ4v) is 4.99. The van der Waals surface area contributed by atoms with E-state index in [1.807, 2.05) is 60.7 Å². The van der Waals surface area contributed by atoms with E-state index in [-0.39, 0.29) is 0 Å². The smallest absolute Gasteiger partial charge is 0.269 e. The zero-order valence-electron chi connectivity index (χ0n) is 11.7. The van der Waals surface area contributed by atoms with E-state index in [0.29, 0.717) is 0 Å². The maximum Gasteiger partial charge on any atom is 0.269 e. The quantitative estimate of drug-likeness (QED) is 0.641. The Balaban J connectivity index is 2.11. The lowest BCUT2D eigenvalue weighted by Crippen LogP contribution is -2.38. The second-order valence-corrected chi connectivity index (χ2v) is 7.23. The summed E-state index contributed by atoms with van der Waals surface area (Å²) in [7, 11) is -1.06. The molecule has 0 spiro atoms. The van der Waals surface area contributed by atoms with Gasteiger partial charge in [-0.1, -0.05) is 66.7 Å². The van der Waals surface area contributed by atoms with E-state index in [1.54, 1.807) is 6.08 Å². The first-order chi connectivity index (χ1) is 10.7. The molecule has 0 bridgehead atoms. The lowest BCUT2D eigenvalue weighted by Gasteiger charge is -2.26. The van der Waals surface area contributed by atoms with Crippen LogP contribution in [0.3, 0.4) is 0 Å². The lowest BCUT2D eigenvalue weighted by molar-refractivity contribution is -0.142. The van der Waals surface area contributed by atoms with Crippen LogP contribution in [0.25, 0.3) is 0 Å². The first kappa shape index (κ1) is 14.6. The van der Waals surface area contributed by atoms with Gasteiger partial charge in [0.1, 0.15) is 0 Å². The molecular weight excluding hydrogens is 295 g/mol. The van der Waals surface area contributed by atoms with Gasteiger partial charge in [-0.2, -0.15) is 0 Å². The highest BCUT2D eigenvalue weighted by atomic mass is 31.1. The predicted molar refractivity (Wildman–Crippen MR) is 87.0 cm³/mol. The van der Waals surface area contributed by atoms with E-state index in [9.17, 15) is 14.4 Å². The average Bonchev–Trinajstić information content (AvgIpc) is 2.57. The van der Waals surface area contributed by atoms with Crippen molar-refractivity contribution in [2.75, 3.05) is 0 Å². The standard InChI is InChI=1S/C18H13O3P/c19-15-11-12-16(18(21)17(15)20)22(13-7-3-1-4-8-13)14-9-5-2-6-10-14/h1-12,16H. The monoisotopic (exact) mass is 308 g/mol. The van der Waals surface area contributed by atoms with E-state index in [4.69, 9.17) is 0 Å². The molecule has 1 aliphatic rings. The Bertz CT molecular complexity index is 711. The summed E-state index contributed by atoms with van der Waals surface area (Å²) in [5.74, 6) is -2.24. The van der Waals surface area contributed by atoms with Crippen molar-refractivity contribution in [2.45, 2.75) is 5.66 Å². The van der Waals surface area contributed by atoms with Crippen molar-refractivity contribution in [3.05, 3.63) is 72.8 Å². The van der Waals surface area contributed by atoms with E-state index in [2.05, 4.69) is 0 Å². The number of rotatable bonds is 3. The van der Waals surface area contributed by atoms with Crippen LogP contribution in [0.15, 0.2) is 72.8 Å². The van der Waals surface area contributed by atoms with E-state index in [0.717, 1.165) is 10.6 Å². The fraction of sp³-hybridized carbons (Fsp3) is 0.0556. The highest BCUT2D eigenvalue weighted by Gasteiger charge is 2.37. The Kier molecular flexibility index (Phi) is 4.08. The minimum atomic E-state index is -1.06. The number of ketones is 3. The van der Waals surface area contributed by atoms with Crippen LogP contribution in [-0.2, 0) is 14.4 Å². The number of allylic oxidation sites excluding steroid dienone is 2. The highest BCUT2D eigenvalue weighted by Crippen LogP contribution is 2.41. The summed E-state index contributed by atoms with van der Waals surface area (Å²) in [4.78, 5) is 35.5. The van der Waals surface area contributed by atoms with Crippen LogP contribution in [0.5, 0.6) is 0 Å². The first-order valence-corrected chi connectivity index (χ1v) is 8.29. The molecule has 108 valence electrons. The molecule has 0 amide bonds. The van der Waals surface area contributed by atoms with E-state index >= 15 is 0 Å². The molecule has 0 radical (unpaired) electrons. The maximum absolute atomic E-state index is 12.3. The van der Waals surface area contributed by atoms with Gasteiger partial charge in [-0.25, -0.2) is 0 Å². The third kappa shape index (κ3) is 2.68. The maximum atomic E-state index is 12.3. The zero-order valence-corrected chi connectivity index (χ0v) is 12.6. The molecule has 22 heavy (non-hydrogen) atoms. The molecule has 0 N–H and O–H groups in total. The molecule has 2 aromatic carbocycles. The van der Waals surface area contributed by atoms with Crippen molar-refractivity contribution < 1.29 is 14.4 Å². The number of carbonyl (C=O) groups excluding carboxylic acids is 3.